The summed E-state index contributed by atoms with van der Waals surface area (Å²) in [6.45, 7) is 2.67. The minimum Gasteiger partial charge on any atom is -0.478 e. The Hall–Kier alpha value is -1.07. The number of rotatable bonds is 6. The van der Waals surface area contributed by atoms with E-state index in [-0.39, 0.29) is 0 Å². The molecular weight excluding hydrogens is 193 g/mol. The maximum absolute atomic E-state index is 9.04. The number of nitrogens with zero attached hydrogens (tertiary/aromatic N) is 1. The Bertz CT molecular complexity index is 294. The first kappa shape index (κ1) is 12.0. The van der Waals surface area contributed by atoms with Gasteiger partial charge in [0.2, 0.25) is 5.88 Å². The SMILES string of the molecule is CCCCCOc1ncccc1B(O)O. The molecule has 0 fully saturated rings. The average Bonchev–Trinajstić information content (AvgIpc) is 2.25. The quantitative estimate of drug-likeness (QED) is 0.523. The van der Waals surface area contributed by atoms with E-state index in [4.69, 9.17) is 14.8 Å². The summed E-state index contributed by atoms with van der Waals surface area (Å²) in [7, 11) is -1.53. The predicted molar refractivity (Wildman–Crippen MR) is 59.1 cm³/mol. The smallest absolute Gasteiger partial charge is 0.478 e. The van der Waals surface area contributed by atoms with Crippen LogP contribution >= 0.6 is 0 Å². The molecule has 1 rings (SSSR count). The van der Waals surface area contributed by atoms with Crippen LogP contribution in [-0.2, 0) is 0 Å². The molecule has 0 aromatic carbocycles. The van der Waals surface area contributed by atoms with Crippen molar-refractivity contribution in [3.63, 3.8) is 0 Å². The molecule has 15 heavy (non-hydrogen) atoms. The lowest BCUT2D eigenvalue weighted by Gasteiger charge is -2.08. The Kier molecular flexibility index (Phi) is 5.14. The zero-order valence-electron chi connectivity index (χ0n) is 8.89. The van der Waals surface area contributed by atoms with Crippen LogP contribution in [0, 0.1) is 0 Å². The molecule has 4 nitrogen and oxygen atoms in total. The molecule has 0 amide bonds. The highest BCUT2D eigenvalue weighted by Gasteiger charge is 2.17. The molecule has 0 spiro atoms. The maximum atomic E-state index is 9.04. The van der Waals surface area contributed by atoms with E-state index < -0.39 is 7.12 Å². The van der Waals surface area contributed by atoms with Gasteiger partial charge in [0.05, 0.1) is 6.61 Å². The van der Waals surface area contributed by atoms with Gasteiger partial charge in [-0.25, -0.2) is 4.98 Å². The second-order valence-electron chi connectivity index (χ2n) is 3.33. The topological polar surface area (TPSA) is 62.6 Å². The van der Waals surface area contributed by atoms with Crippen molar-refractivity contribution in [2.45, 2.75) is 26.2 Å². The lowest BCUT2D eigenvalue weighted by Crippen LogP contribution is -2.32. The van der Waals surface area contributed by atoms with Gasteiger partial charge in [0, 0.05) is 11.7 Å². The first-order chi connectivity index (χ1) is 7.25. The highest BCUT2D eigenvalue weighted by molar-refractivity contribution is 6.59. The van der Waals surface area contributed by atoms with E-state index in [0.29, 0.717) is 17.9 Å². The van der Waals surface area contributed by atoms with Gasteiger partial charge in [-0.15, -0.1) is 0 Å². The van der Waals surface area contributed by atoms with Crippen molar-refractivity contribution in [1.82, 2.24) is 4.98 Å². The fraction of sp³-hybridized carbons (Fsp3) is 0.500. The second-order valence-corrected chi connectivity index (χ2v) is 3.33. The van der Waals surface area contributed by atoms with E-state index in [1.54, 1.807) is 18.3 Å². The van der Waals surface area contributed by atoms with Crippen molar-refractivity contribution in [2.24, 2.45) is 0 Å². The molecular formula is C10H16BNO3. The number of hydrogen-bond acceptors (Lipinski definition) is 4. The largest absolute Gasteiger partial charge is 0.494 e. The fourth-order valence-corrected chi connectivity index (χ4v) is 1.24. The van der Waals surface area contributed by atoms with Gasteiger partial charge in [-0.2, -0.15) is 0 Å². The van der Waals surface area contributed by atoms with Crippen molar-refractivity contribution in [3.05, 3.63) is 18.3 Å². The van der Waals surface area contributed by atoms with Crippen molar-refractivity contribution >= 4 is 12.6 Å². The van der Waals surface area contributed by atoms with E-state index >= 15 is 0 Å². The fourth-order valence-electron chi connectivity index (χ4n) is 1.24. The first-order valence-corrected chi connectivity index (χ1v) is 5.19. The van der Waals surface area contributed by atoms with E-state index in [1.165, 1.54) is 0 Å². The molecule has 0 saturated heterocycles. The van der Waals surface area contributed by atoms with E-state index in [0.717, 1.165) is 19.3 Å². The number of pyridine rings is 1. The van der Waals surface area contributed by atoms with E-state index in [2.05, 4.69) is 11.9 Å². The molecule has 82 valence electrons. The number of aromatic nitrogens is 1. The zero-order chi connectivity index (χ0) is 11.1. The Morgan fingerprint density at radius 3 is 2.87 bits per heavy atom. The van der Waals surface area contributed by atoms with Crippen LogP contribution in [-0.4, -0.2) is 28.8 Å². The molecule has 1 heterocycles. The van der Waals surface area contributed by atoms with Gasteiger partial charge in [0.1, 0.15) is 0 Å². The minimum absolute atomic E-state index is 0.309. The monoisotopic (exact) mass is 209 g/mol. The summed E-state index contributed by atoms with van der Waals surface area (Å²) in [5.41, 5.74) is 0.314. The van der Waals surface area contributed by atoms with Crippen molar-refractivity contribution in [1.29, 1.82) is 0 Å². The van der Waals surface area contributed by atoms with Gasteiger partial charge in [-0.1, -0.05) is 25.8 Å². The summed E-state index contributed by atoms with van der Waals surface area (Å²) < 4.78 is 5.37. The molecule has 0 saturated carbocycles. The van der Waals surface area contributed by atoms with Gasteiger partial charge >= 0.3 is 7.12 Å². The van der Waals surface area contributed by atoms with Gasteiger partial charge in [0.25, 0.3) is 0 Å². The van der Waals surface area contributed by atoms with Crippen LogP contribution in [0.2, 0.25) is 0 Å². The lowest BCUT2D eigenvalue weighted by atomic mass is 9.81. The highest BCUT2D eigenvalue weighted by atomic mass is 16.5. The maximum Gasteiger partial charge on any atom is 0.494 e. The van der Waals surface area contributed by atoms with Crippen LogP contribution in [0.25, 0.3) is 0 Å². The Labute approximate surface area is 90.1 Å². The van der Waals surface area contributed by atoms with Gasteiger partial charge in [-0.05, 0) is 12.5 Å². The molecule has 1 aromatic rings. The summed E-state index contributed by atoms with van der Waals surface area (Å²) in [4.78, 5) is 3.96. The summed E-state index contributed by atoms with van der Waals surface area (Å²) in [6, 6.07) is 3.24. The zero-order valence-corrected chi connectivity index (χ0v) is 8.89. The first-order valence-electron chi connectivity index (χ1n) is 5.19. The minimum atomic E-state index is -1.53. The van der Waals surface area contributed by atoms with Crippen molar-refractivity contribution < 1.29 is 14.8 Å². The molecule has 0 aliphatic heterocycles. The molecule has 0 unspecified atom stereocenters. The molecule has 2 N–H and O–H groups in total. The van der Waals surface area contributed by atoms with Gasteiger partial charge in [-0.3, -0.25) is 0 Å². The second kappa shape index (κ2) is 6.42. The van der Waals surface area contributed by atoms with Crippen LogP contribution in [0.4, 0.5) is 0 Å². The third-order valence-corrected chi connectivity index (χ3v) is 2.07. The molecule has 5 heteroatoms. The van der Waals surface area contributed by atoms with Crippen LogP contribution in [0.5, 0.6) is 5.88 Å². The van der Waals surface area contributed by atoms with Gasteiger partial charge < -0.3 is 14.8 Å². The van der Waals surface area contributed by atoms with Gasteiger partial charge in [0.15, 0.2) is 0 Å². The molecule has 0 radical (unpaired) electrons. The summed E-state index contributed by atoms with van der Waals surface area (Å²) in [5, 5.41) is 18.1. The Balaban J connectivity index is 2.52. The number of hydrogen-bond donors (Lipinski definition) is 2. The standard InChI is InChI=1S/C10H16BNO3/c1-2-3-4-8-15-10-9(11(13)14)6-5-7-12-10/h5-7,13-14H,2-4,8H2,1H3. The Morgan fingerprint density at radius 1 is 1.40 bits per heavy atom. The van der Waals surface area contributed by atoms with Crippen LogP contribution in [0.15, 0.2) is 18.3 Å². The molecule has 0 atom stereocenters. The summed E-state index contributed by atoms with van der Waals surface area (Å²) >= 11 is 0. The summed E-state index contributed by atoms with van der Waals surface area (Å²) in [6.07, 6.45) is 4.75. The number of unbranched alkanes of at least 4 members (excludes halogenated alkanes) is 2. The third kappa shape index (κ3) is 3.89. The van der Waals surface area contributed by atoms with Crippen molar-refractivity contribution in [2.75, 3.05) is 6.61 Å². The van der Waals surface area contributed by atoms with Crippen LogP contribution < -0.4 is 10.2 Å². The Morgan fingerprint density at radius 2 is 2.20 bits per heavy atom. The van der Waals surface area contributed by atoms with E-state index in [9.17, 15) is 0 Å². The summed E-state index contributed by atoms with van der Waals surface area (Å²) in [5.74, 6) is 0.309. The predicted octanol–water partition coefficient (Wildman–Crippen LogP) is 0.330. The van der Waals surface area contributed by atoms with Crippen LogP contribution in [0.3, 0.4) is 0 Å². The number of ether oxygens (including phenoxy) is 1. The third-order valence-electron chi connectivity index (χ3n) is 2.07. The normalized spacial score (nSPS) is 10.1. The molecule has 1 aromatic heterocycles. The average molecular weight is 209 g/mol. The molecule has 0 aliphatic rings. The van der Waals surface area contributed by atoms with E-state index in [1.807, 2.05) is 0 Å². The molecule has 0 bridgehead atoms. The highest BCUT2D eigenvalue weighted by Crippen LogP contribution is 2.03. The lowest BCUT2D eigenvalue weighted by molar-refractivity contribution is 0.295. The molecule has 0 aliphatic carbocycles. The van der Waals surface area contributed by atoms with Crippen molar-refractivity contribution in [3.8, 4) is 5.88 Å². The van der Waals surface area contributed by atoms with Crippen LogP contribution in [0.1, 0.15) is 26.2 Å².